The molecule has 0 aliphatic rings. The molecule has 0 bridgehead atoms. The molecule has 144 valence electrons. The van der Waals surface area contributed by atoms with E-state index >= 15 is 0 Å². The summed E-state index contributed by atoms with van der Waals surface area (Å²) in [4.78, 5) is 28.1. The second kappa shape index (κ2) is 9.09. The maximum atomic E-state index is 13.5. The lowest BCUT2D eigenvalue weighted by Crippen LogP contribution is -2.21. The molecule has 1 N–H and O–H groups in total. The minimum atomic E-state index is -0.662. The smallest absolute Gasteiger partial charge is 0.338 e. The molecule has 1 heterocycles. The average molecular weight is 400 g/mol. The van der Waals surface area contributed by atoms with Crippen molar-refractivity contribution in [2.24, 2.45) is 0 Å². The molecule has 0 aliphatic heterocycles. The maximum Gasteiger partial charge on any atom is 0.338 e. The van der Waals surface area contributed by atoms with Gasteiger partial charge in [-0.3, -0.25) is 4.79 Å². The van der Waals surface area contributed by atoms with Crippen LogP contribution in [-0.2, 0) is 16.1 Å². The van der Waals surface area contributed by atoms with Crippen LogP contribution in [0.5, 0.6) is 5.75 Å². The van der Waals surface area contributed by atoms with Gasteiger partial charge in [0.25, 0.3) is 5.91 Å². The number of aromatic nitrogens is 1. The van der Waals surface area contributed by atoms with E-state index < -0.39 is 24.3 Å². The molecule has 0 radical (unpaired) electrons. The van der Waals surface area contributed by atoms with E-state index in [1.54, 1.807) is 41.7 Å². The van der Waals surface area contributed by atoms with Gasteiger partial charge in [0, 0.05) is 5.38 Å². The van der Waals surface area contributed by atoms with Gasteiger partial charge < -0.3 is 14.8 Å². The number of para-hydroxylation sites is 1. The van der Waals surface area contributed by atoms with Gasteiger partial charge in [-0.05, 0) is 43.3 Å². The Labute approximate surface area is 164 Å². The van der Waals surface area contributed by atoms with Crippen molar-refractivity contribution >= 4 is 28.9 Å². The summed E-state index contributed by atoms with van der Waals surface area (Å²) in [5.74, 6) is -1.27. The van der Waals surface area contributed by atoms with E-state index in [9.17, 15) is 14.0 Å². The van der Waals surface area contributed by atoms with E-state index in [4.69, 9.17) is 9.47 Å². The monoisotopic (exact) mass is 400 g/mol. The Morgan fingerprint density at radius 2 is 1.89 bits per heavy atom. The van der Waals surface area contributed by atoms with Gasteiger partial charge >= 0.3 is 5.97 Å². The molecular formula is C20H17FN2O4S. The summed E-state index contributed by atoms with van der Waals surface area (Å²) in [6.07, 6.45) is 0. The normalized spacial score (nSPS) is 10.4. The minimum absolute atomic E-state index is 0.0281. The first kappa shape index (κ1) is 19.5. The molecule has 1 amide bonds. The van der Waals surface area contributed by atoms with Gasteiger partial charge in [0.1, 0.15) is 18.2 Å². The molecule has 0 unspecified atom stereocenters. The van der Waals surface area contributed by atoms with Crippen molar-refractivity contribution < 1.29 is 23.5 Å². The van der Waals surface area contributed by atoms with Crippen molar-refractivity contribution in [3.8, 4) is 5.75 Å². The molecule has 0 atom stereocenters. The quantitative estimate of drug-likeness (QED) is 0.608. The van der Waals surface area contributed by atoms with Crippen LogP contribution in [0, 0.1) is 12.7 Å². The topological polar surface area (TPSA) is 77.5 Å². The first-order chi connectivity index (χ1) is 13.5. The fraction of sp³-hybridized carbons (Fsp3) is 0.150. The van der Waals surface area contributed by atoms with Gasteiger partial charge in [0.05, 0.1) is 22.0 Å². The van der Waals surface area contributed by atoms with Crippen LogP contribution >= 0.6 is 11.3 Å². The predicted molar refractivity (Wildman–Crippen MR) is 103 cm³/mol. The summed E-state index contributed by atoms with van der Waals surface area (Å²) in [5.41, 5.74) is 1.14. The number of hydrogen-bond acceptors (Lipinski definition) is 6. The molecule has 0 aliphatic carbocycles. The lowest BCUT2D eigenvalue weighted by Gasteiger charge is -2.08. The van der Waals surface area contributed by atoms with Crippen molar-refractivity contribution in [3.05, 3.63) is 76.0 Å². The standard InChI is InChI=1S/C20H17FN2O4S/c1-13-22-15(12-28-13)10-26-16-8-6-14(7-9-16)20(25)27-11-19(24)23-18-5-3-2-4-17(18)21/h2-9,12H,10-11H2,1H3,(H,23,24). The number of esters is 1. The number of nitrogens with zero attached hydrogens (tertiary/aromatic N) is 1. The van der Waals surface area contributed by atoms with E-state index in [1.807, 2.05) is 12.3 Å². The predicted octanol–water partition coefficient (Wildman–Crippen LogP) is 3.97. The Bertz CT molecular complexity index is 972. The number of amides is 1. The highest BCUT2D eigenvalue weighted by atomic mass is 32.1. The minimum Gasteiger partial charge on any atom is -0.487 e. The Balaban J connectivity index is 1.47. The largest absolute Gasteiger partial charge is 0.487 e. The van der Waals surface area contributed by atoms with Gasteiger partial charge in [-0.15, -0.1) is 11.3 Å². The summed E-state index contributed by atoms with van der Waals surface area (Å²) in [7, 11) is 0. The van der Waals surface area contributed by atoms with Gasteiger partial charge in [-0.1, -0.05) is 12.1 Å². The molecule has 3 aromatic rings. The van der Waals surface area contributed by atoms with E-state index in [2.05, 4.69) is 10.3 Å². The zero-order chi connectivity index (χ0) is 19.9. The molecule has 3 rings (SSSR count). The van der Waals surface area contributed by atoms with Crippen molar-refractivity contribution in [1.82, 2.24) is 4.98 Å². The van der Waals surface area contributed by atoms with E-state index in [1.165, 1.54) is 18.2 Å². The van der Waals surface area contributed by atoms with Crippen LogP contribution in [0.25, 0.3) is 0 Å². The van der Waals surface area contributed by atoms with Crippen molar-refractivity contribution in [3.63, 3.8) is 0 Å². The first-order valence-corrected chi connectivity index (χ1v) is 9.24. The zero-order valence-corrected chi connectivity index (χ0v) is 15.8. The maximum absolute atomic E-state index is 13.5. The van der Waals surface area contributed by atoms with E-state index in [-0.39, 0.29) is 11.3 Å². The zero-order valence-electron chi connectivity index (χ0n) is 15.0. The number of halogens is 1. The molecule has 0 saturated carbocycles. The third-order valence-electron chi connectivity index (χ3n) is 3.63. The Morgan fingerprint density at radius 3 is 2.57 bits per heavy atom. The van der Waals surface area contributed by atoms with Gasteiger partial charge in [-0.25, -0.2) is 14.2 Å². The second-order valence-electron chi connectivity index (χ2n) is 5.78. The highest BCUT2D eigenvalue weighted by molar-refractivity contribution is 7.09. The van der Waals surface area contributed by atoms with Gasteiger partial charge in [0.15, 0.2) is 6.61 Å². The third kappa shape index (κ3) is 5.37. The molecule has 1 aromatic heterocycles. The number of carbonyl (C=O) groups excluding carboxylic acids is 2. The van der Waals surface area contributed by atoms with Crippen LogP contribution in [0.2, 0.25) is 0 Å². The fourth-order valence-electron chi connectivity index (χ4n) is 2.28. The van der Waals surface area contributed by atoms with Crippen LogP contribution in [0.4, 0.5) is 10.1 Å². The molecule has 0 spiro atoms. The summed E-state index contributed by atoms with van der Waals surface area (Å²) in [6, 6.07) is 12.1. The highest BCUT2D eigenvalue weighted by Crippen LogP contribution is 2.16. The molecule has 2 aromatic carbocycles. The number of thiazole rings is 1. The lowest BCUT2D eigenvalue weighted by molar-refractivity contribution is -0.119. The van der Waals surface area contributed by atoms with Crippen molar-refractivity contribution in [2.45, 2.75) is 13.5 Å². The molecule has 0 fully saturated rings. The molecule has 28 heavy (non-hydrogen) atoms. The molecule has 6 nitrogen and oxygen atoms in total. The second-order valence-corrected chi connectivity index (χ2v) is 6.84. The van der Waals surface area contributed by atoms with Crippen LogP contribution < -0.4 is 10.1 Å². The summed E-state index contributed by atoms with van der Waals surface area (Å²) in [5, 5.41) is 5.24. The van der Waals surface area contributed by atoms with Crippen LogP contribution in [0.15, 0.2) is 53.9 Å². The van der Waals surface area contributed by atoms with Gasteiger partial charge in [0.2, 0.25) is 0 Å². The number of anilines is 1. The molecular weight excluding hydrogens is 383 g/mol. The number of nitrogens with one attached hydrogen (secondary N) is 1. The number of carbonyl (C=O) groups is 2. The fourth-order valence-corrected chi connectivity index (χ4v) is 2.88. The molecule has 0 saturated heterocycles. The number of benzene rings is 2. The Hall–Kier alpha value is -3.26. The summed E-state index contributed by atoms with van der Waals surface area (Å²) < 4.78 is 24.0. The van der Waals surface area contributed by atoms with E-state index in [0.717, 1.165) is 10.7 Å². The Kier molecular flexibility index (Phi) is 6.33. The lowest BCUT2D eigenvalue weighted by atomic mass is 10.2. The average Bonchev–Trinajstić information content (AvgIpc) is 3.12. The van der Waals surface area contributed by atoms with Crippen LogP contribution in [0.1, 0.15) is 21.1 Å². The number of ether oxygens (including phenoxy) is 2. The third-order valence-corrected chi connectivity index (χ3v) is 4.45. The van der Waals surface area contributed by atoms with Gasteiger partial charge in [-0.2, -0.15) is 0 Å². The summed E-state index contributed by atoms with van der Waals surface area (Å²) in [6.45, 7) is 1.74. The number of aryl methyl sites for hydroxylation is 1. The number of hydrogen-bond donors (Lipinski definition) is 1. The highest BCUT2D eigenvalue weighted by Gasteiger charge is 2.12. The van der Waals surface area contributed by atoms with Crippen molar-refractivity contribution in [1.29, 1.82) is 0 Å². The Morgan fingerprint density at radius 1 is 1.14 bits per heavy atom. The first-order valence-electron chi connectivity index (χ1n) is 8.36. The number of rotatable bonds is 7. The SMILES string of the molecule is Cc1nc(COc2ccc(C(=O)OCC(=O)Nc3ccccc3F)cc2)cs1. The van der Waals surface area contributed by atoms with E-state index in [0.29, 0.717) is 12.4 Å². The summed E-state index contributed by atoms with van der Waals surface area (Å²) >= 11 is 1.55. The molecule has 8 heteroatoms. The van der Waals surface area contributed by atoms with Crippen LogP contribution in [-0.4, -0.2) is 23.5 Å². The van der Waals surface area contributed by atoms with Crippen LogP contribution in [0.3, 0.4) is 0 Å². The van der Waals surface area contributed by atoms with Crippen molar-refractivity contribution in [2.75, 3.05) is 11.9 Å².